The second-order valence-corrected chi connectivity index (χ2v) is 5.98. The maximum Gasteiger partial charge on any atom is 0.259 e. The summed E-state index contributed by atoms with van der Waals surface area (Å²) in [7, 11) is 0. The van der Waals surface area contributed by atoms with Crippen molar-refractivity contribution in [3.05, 3.63) is 63.1 Å². The third-order valence-corrected chi connectivity index (χ3v) is 3.93. The fourth-order valence-electron chi connectivity index (χ4n) is 2.03. The summed E-state index contributed by atoms with van der Waals surface area (Å²) in [6.45, 7) is 0.988. The van der Waals surface area contributed by atoms with Crippen molar-refractivity contribution in [2.45, 2.75) is 6.42 Å². The molecule has 1 amide bonds. The van der Waals surface area contributed by atoms with Gasteiger partial charge >= 0.3 is 0 Å². The summed E-state index contributed by atoms with van der Waals surface area (Å²) in [5.41, 5.74) is 6.71. The van der Waals surface area contributed by atoms with Crippen LogP contribution in [0.3, 0.4) is 0 Å². The summed E-state index contributed by atoms with van der Waals surface area (Å²) in [5.74, 6) is -0.197. The molecule has 22 heavy (non-hydrogen) atoms. The van der Waals surface area contributed by atoms with Gasteiger partial charge in [-0.25, -0.2) is 0 Å². The first-order valence-corrected chi connectivity index (χ1v) is 7.89. The van der Waals surface area contributed by atoms with Crippen LogP contribution in [-0.2, 0) is 0 Å². The Hall–Kier alpha value is -1.26. The van der Waals surface area contributed by atoms with Crippen molar-refractivity contribution in [2.24, 2.45) is 5.73 Å². The number of amides is 1. The topological polar surface area (TPSA) is 46.3 Å². The zero-order valence-corrected chi connectivity index (χ0v) is 14.0. The highest BCUT2D eigenvalue weighted by molar-refractivity contribution is 6.37. The van der Waals surface area contributed by atoms with Crippen LogP contribution in [0.2, 0.25) is 15.1 Å². The summed E-state index contributed by atoms with van der Waals surface area (Å²) in [6.07, 6.45) is 0.680. The summed E-state index contributed by atoms with van der Waals surface area (Å²) < 4.78 is 0. The SMILES string of the molecule is NCCCN(C(=O)c1ccc(Cl)cc1Cl)c1ccc(Cl)cc1. The average Bonchev–Trinajstić information content (AvgIpc) is 2.49. The summed E-state index contributed by atoms with van der Waals surface area (Å²) in [4.78, 5) is 14.4. The molecule has 0 aliphatic rings. The maximum atomic E-state index is 12.8. The van der Waals surface area contributed by atoms with Gasteiger partial charge in [0, 0.05) is 22.3 Å². The van der Waals surface area contributed by atoms with Crippen LogP contribution in [0.4, 0.5) is 5.69 Å². The predicted octanol–water partition coefficient (Wildman–Crippen LogP) is 4.64. The molecular weight excluding hydrogens is 343 g/mol. The molecule has 2 aromatic carbocycles. The van der Waals surface area contributed by atoms with E-state index in [2.05, 4.69) is 0 Å². The molecule has 0 unspecified atom stereocenters. The molecule has 2 N–H and O–H groups in total. The van der Waals surface area contributed by atoms with Gasteiger partial charge in [-0.1, -0.05) is 34.8 Å². The second-order valence-electron chi connectivity index (χ2n) is 4.70. The lowest BCUT2D eigenvalue weighted by atomic mass is 10.1. The van der Waals surface area contributed by atoms with E-state index in [1.165, 1.54) is 0 Å². The van der Waals surface area contributed by atoms with E-state index in [-0.39, 0.29) is 5.91 Å². The molecule has 0 atom stereocenters. The molecule has 0 bridgehead atoms. The molecule has 2 rings (SSSR count). The minimum atomic E-state index is -0.197. The van der Waals surface area contributed by atoms with Gasteiger partial charge in [-0.05, 0) is 55.4 Å². The van der Waals surface area contributed by atoms with Gasteiger partial charge in [-0.3, -0.25) is 4.79 Å². The van der Waals surface area contributed by atoms with E-state index >= 15 is 0 Å². The van der Waals surface area contributed by atoms with Crippen LogP contribution in [0.5, 0.6) is 0 Å². The Balaban J connectivity index is 2.35. The molecule has 0 saturated heterocycles. The molecule has 0 radical (unpaired) electrons. The standard InChI is InChI=1S/C16H15Cl3N2O/c17-11-2-5-13(6-3-11)21(9-1-8-20)16(22)14-7-4-12(18)10-15(14)19/h2-7,10H,1,8-9,20H2. The monoisotopic (exact) mass is 356 g/mol. The van der Waals surface area contributed by atoms with E-state index in [4.69, 9.17) is 40.5 Å². The van der Waals surface area contributed by atoms with Crippen LogP contribution in [0.1, 0.15) is 16.8 Å². The van der Waals surface area contributed by atoms with E-state index in [9.17, 15) is 4.79 Å². The highest BCUT2D eigenvalue weighted by Crippen LogP contribution is 2.25. The Morgan fingerprint density at radius 1 is 1.00 bits per heavy atom. The van der Waals surface area contributed by atoms with Crippen LogP contribution >= 0.6 is 34.8 Å². The lowest BCUT2D eigenvalue weighted by molar-refractivity contribution is 0.0987. The van der Waals surface area contributed by atoms with Crippen molar-refractivity contribution < 1.29 is 4.79 Å². The van der Waals surface area contributed by atoms with Crippen LogP contribution in [-0.4, -0.2) is 19.0 Å². The Kier molecular flexibility index (Phi) is 6.09. The normalized spacial score (nSPS) is 10.5. The van der Waals surface area contributed by atoms with Crippen molar-refractivity contribution in [1.29, 1.82) is 0 Å². The molecule has 3 nitrogen and oxygen atoms in total. The first-order chi connectivity index (χ1) is 10.5. The molecule has 0 aromatic heterocycles. The van der Waals surface area contributed by atoms with E-state index in [0.717, 1.165) is 5.69 Å². The van der Waals surface area contributed by atoms with Crippen LogP contribution in [0.15, 0.2) is 42.5 Å². The third-order valence-electron chi connectivity index (χ3n) is 3.13. The number of halogens is 3. The van der Waals surface area contributed by atoms with Gasteiger partial charge in [0.25, 0.3) is 5.91 Å². The lowest BCUT2D eigenvalue weighted by Crippen LogP contribution is -2.33. The number of nitrogens with zero attached hydrogens (tertiary/aromatic N) is 1. The number of benzene rings is 2. The number of carbonyl (C=O) groups excluding carboxylic acids is 1. The number of hydrogen-bond acceptors (Lipinski definition) is 2. The van der Waals surface area contributed by atoms with E-state index < -0.39 is 0 Å². The van der Waals surface area contributed by atoms with Gasteiger partial charge in [0.1, 0.15) is 0 Å². The smallest absolute Gasteiger partial charge is 0.259 e. The van der Waals surface area contributed by atoms with Gasteiger partial charge in [0.15, 0.2) is 0 Å². The van der Waals surface area contributed by atoms with Gasteiger partial charge in [-0.2, -0.15) is 0 Å². The van der Waals surface area contributed by atoms with E-state index in [1.54, 1.807) is 47.4 Å². The summed E-state index contributed by atoms with van der Waals surface area (Å²) in [6, 6.07) is 11.9. The van der Waals surface area contributed by atoms with E-state index in [1.807, 2.05) is 0 Å². The molecule has 2 aromatic rings. The molecule has 0 fully saturated rings. The lowest BCUT2D eigenvalue weighted by Gasteiger charge is -2.23. The van der Waals surface area contributed by atoms with Crippen LogP contribution in [0.25, 0.3) is 0 Å². The molecule has 0 heterocycles. The molecule has 0 saturated carbocycles. The highest BCUT2D eigenvalue weighted by atomic mass is 35.5. The molecular formula is C16H15Cl3N2O. The minimum Gasteiger partial charge on any atom is -0.330 e. The fourth-order valence-corrected chi connectivity index (χ4v) is 2.64. The van der Waals surface area contributed by atoms with Crippen molar-refractivity contribution in [1.82, 2.24) is 0 Å². The van der Waals surface area contributed by atoms with Crippen molar-refractivity contribution >= 4 is 46.4 Å². The number of anilines is 1. The maximum absolute atomic E-state index is 12.8. The second kappa shape index (κ2) is 7.84. The minimum absolute atomic E-state index is 0.197. The molecule has 116 valence electrons. The predicted molar refractivity (Wildman–Crippen MR) is 93.3 cm³/mol. The number of hydrogen-bond donors (Lipinski definition) is 1. The van der Waals surface area contributed by atoms with Gasteiger partial charge < -0.3 is 10.6 Å². The Bertz CT molecular complexity index is 659. The number of rotatable bonds is 5. The number of carbonyl (C=O) groups is 1. The van der Waals surface area contributed by atoms with Gasteiger partial charge in [0.05, 0.1) is 10.6 Å². The van der Waals surface area contributed by atoms with Gasteiger partial charge in [-0.15, -0.1) is 0 Å². The van der Waals surface area contributed by atoms with Crippen molar-refractivity contribution in [3.63, 3.8) is 0 Å². The Labute approximate surface area is 144 Å². The van der Waals surface area contributed by atoms with Crippen LogP contribution in [0, 0.1) is 0 Å². The summed E-state index contributed by atoms with van der Waals surface area (Å²) in [5, 5.41) is 1.42. The largest absolute Gasteiger partial charge is 0.330 e. The molecule has 0 aliphatic carbocycles. The number of nitrogens with two attached hydrogens (primary N) is 1. The first-order valence-electron chi connectivity index (χ1n) is 6.75. The van der Waals surface area contributed by atoms with Crippen molar-refractivity contribution in [3.8, 4) is 0 Å². The third kappa shape index (κ3) is 4.14. The zero-order chi connectivity index (χ0) is 16.1. The zero-order valence-electron chi connectivity index (χ0n) is 11.7. The van der Waals surface area contributed by atoms with Gasteiger partial charge in [0.2, 0.25) is 0 Å². The average molecular weight is 358 g/mol. The molecule has 0 aliphatic heterocycles. The molecule has 0 spiro atoms. The van der Waals surface area contributed by atoms with Crippen LogP contribution < -0.4 is 10.6 Å². The van der Waals surface area contributed by atoms with Crippen molar-refractivity contribution in [2.75, 3.05) is 18.0 Å². The van der Waals surface area contributed by atoms with E-state index in [0.29, 0.717) is 40.1 Å². The molecule has 6 heteroatoms. The Morgan fingerprint density at radius 2 is 1.64 bits per heavy atom. The Morgan fingerprint density at radius 3 is 2.23 bits per heavy atom. The fraction of sp³-hybridized carbons (Fsp3) is 0.188. The summed E-state index contributed by atoms with van der Waals surface area (Å²) >= 11 is 17.9. The highest BCUT2D eigenvalue weighted by Gasteiger charge is 2.20. The first kappa shape index (κ1) is 17.1. The quantitative estimate of drug-likeness (QED) is 0.847.